The van der Waals surface area contributed by atoms with Gasteiger partial charge in [-0.25, -0.2) is 0 Å². The summed E-state index contributed by atoms with van der Waals surface area (Å²) < 4.78 is 11.0. The first-order valence-corrected chi connectivity index (χ1v) is 9.59. The SMILES string of the molecule is CC(C)COC(C)c1noc(CNc2cc(N3CCCC3=O)ccc2Cl)n1. The Morgan fingerprint density at radius 1 is 1.37 bits per heavy atom. The summed E-state index contributed by atoms with van der Waals surface area (Å²) in [5, 5.41) is 7.75. The van der Waals surface area contributed by atoms with E-state index in [2.05, 4.69) is 29.3 Å². The number of aromatic nitrogens is 2. The zero-order valence-corrected chi connectivity index (χ0v) is 16.6. The highest BCUT2D eigenvalue weighted by atomic mass is 35.5. The molecule has 1 amide bonds. The average Bonchev–Trinajstić information content (AvgIpc) is 3.28. The van der Waals surface area contributed by atoms with Gasteiger partial charge in [-0.1, -0.05) is 30.6 Å². The van der Waals surface area contributed by atoms with Crippen LogP contribution < -0.4 is 10.2 Å². The molecule has 1 aromatic carbocycles. The van der Waals surface area contributed by atoms with Crippen LogP contribution in [0.5, 0.6) is 0 Å². The summed E-state index contributed by atoms with van der Waals surface area (Å²) in [5.74, 6) is 1.55. The molecule has 7 nitrogen and oxygen atoms in total. The van der Waals surface area contributed by atoms with Crippen LogP contribution in [0.4, 0.5) is 11.4 Å². The largest absolute Gasteiger partial charge is 0.375 e. The molecule has 146 valence electrons. The monoisotopic (exact) mass is 392 g/mol. The van der Waals surface area contributed by atoms with Crippen LogP contribution in [0.1, 0.15) is 51.4 Å². The standard InChI is InChI=1S/C19H25ClN4O3/c1-12(2)11-26-13(3)19-22-17(27-23-19)10-21-16-9-14(6-7-15(16)20)24-8-4-5-18(24)25/h6-7,9,12-13,21H,4-5,8,10-11H2,1-3H3. The van der Waals surface area contributed by atoms with Crippen LogP contribution in [0.25, 0.3) is 0 Å². The maximum atomic E-state index is 11.9. The van der Waals surface area contributed by atoms with Crippen molar-refractivity contribution in [1.29, 1.82) is 0 Å². The van der Waals surface area contributed by atoms with E-state index in [1.54, 1.807) is 11.0 Å². The van der Waals surface area contributed by atoms with E-state index in [9.17, 15) is 4.79 Å². The van der Waals surface area contributed by atoms with Gasteiger partial charge in [-0.05, 0) is 37.5 Å². The molecule has 0 radical (unpaired) electrons. The van der Waals surface area contributed by atoms with E-state index < -0.39 is 0 Å². The first kappa shape index (κ1) is 19.6. The number of carbonyl (C=O) groups excluding carboxylic acids is 1. The minimum absolute atomic E-state index is 0.139. The normalized spacial score (nSPS) is 15.6. The van der Waals surface area contributed by atoms with Gasteiger partial charge >= 0.3 is 0 Å². The Morgan fingerprint density at radius 2 is 2.19 bits per heavy atom. The Hall–Kier alpha value is -2.12. The quantitative estimate of drug-likeness (QED) is 0.725. The second kappa shape index (κ2) is 8.71. The smallest absolute Gasteiger partial charge is 0.246 e. The van der Waals surface area contributed by atoms with Crippen LogP contribution in [0, 0.1) is 5.92 Å². The van der Waals surface area contributed by atoms with Gasteiger partial charge in [0.1, 0.15) is 6.10 Å². The molecule has 0 bridgehead atoms. The van der Waals surface area contributed by atoms with Crippen molar-refractivity contribution < 1.29 is 14.1 Å². The summed E-state index contributed by atoms with van der Waals surface area (Å²) in [7, 11) is 0. The molecule has 1 unspecified atom stereocenters. The van der Waals surface area contributed by atoms with Crippen molar-refractivity contribution in [1.82, 2.24) is 10.1 Å². The lowest BCUT2D eigenvalue weighted by molar-refractivity contribution is -0.117. The Morgan fingerprint density at radius 3 is 2.89 bits per heavy atom. The number of halogens is 1. The van der Waals surface area contributed by atoms with Gasteiger partial charge in [0.2, 0.25) is 11.8 Å². The van der Waals surface area contributed by atoms with E-state index >= 15 is 0 Å². The summed E-state index contributed by atoms with van der Waals surface area (Å²) in [6.45, 7) is 7.79. The molecule has 1 aliphatic heterocycles. The lowest BCUT2D eigenvalue weighted by Gasteiger charge is -2.17. The molecule has 0 spiro atoms. The van der Waals surface area contributed by atoms with Crippen LogP contribution in [0.2, 0.25) is 5.02 Å². The van der Waals surface area contributed by atoms with Crippen LogP contribution in [0.15, 0.2) is 22.7 Å². The van der Waals surface area contributed by atoms with Gasteiger partial charge in [0, 0.05) is 25.3 Å². The minimum atomic E-state index is -0.224. The summed E-state index contributed by atoms with van der Waals surface area (Å²) in [6, 6.07) is 5.51. The van der Waals surface area contributed by atoms with Crippen LogP contribution in [-0.2, 0) is 16.1 Å². The molecule has 1 N–H and O–H groups in total. The average molecular weight is 393 g/mol. The fraction of sp³-hybridized carbons (Fsp3) is 0.526. The number of rotatable bonds is 8. The van der Waals surface area contributed by atoms with Crippen LogP contribution in [-0.4, -0.2) is 29.2 Å². The Balaban J connectivity index is 1.62. The van der Waals surface area contributed by atoms with Gasteiger partial charge < -0.3 is 19.5 Å². The molecule has 1 fully saturated rings. The molecule has 1 aliphatic rings. The third-order valence-electron chi connectivity index (χ3n) is 4.29. The molecular weight excluding hydrogens is 368 g/mol. The fourth-order valence-electron chi connectivity index (χ4n) is 2.82. The third kappa shape index (κ3) is 4.99. The van der Waals surface area contributed by atoms with Crippen LogP contribution >= 0.6 is 11.6 Å². The number of anilines is 2. The number of nitrogens with one attached hydrogen (secondary N) is 1. The molecule has 0 aliphatic carbocycles. The van der Waals surface area contributed by atoms with E-state index in [1.807, 2.05) is 19.1 Å². The zero-order chi connectivity index (χ0) is 19.4. The van der Waals surface area contributed by atoms with Crippen molar-refractivity contribution in [2.75, 3.05) is 23.4 Å². The van der Waals surface area contributed by atoms with Gasteiger partial charge in [-0.15, -0.1) is 0 Å². The van der Waals surface area contributed by atoms with Crippen molar-refractivity contribution in [3.05, 3.63) is 34.9 Å². The number of hydrogen-bond donors (Lipinski definition) is 1. The highest BCUT2D eigenvalue weighted by Gasteiger charge is 2.22. The number of ether oxygens (including phenoxy) is 1. The maximum absolute atomic E-state index is 11.9. The van der Waals surface area contributed by atoms with E-state index in [1.165, 1.54) is 0 Å². The van der Waals surface area contributed by atoms with E-state index in [0.717, 1.165) is 24.3 Å². The molecule has 0 saturated carbocycles. The molecule has 3 rings (SSSR count). The highest BCUT2D eigenvalue weighted by molar-refractivity contribution is 6.33. The number of hydrogen-bond acceptors (Lipinski definition) is 6. The van der Waals surface area contributed by atoms with E-state index in [-0.39, 0.29) is 12.0 Å². The molecule has 2 heterocycles. The fourth-order valence-corrected chi connectivity index (χ4v) is 3.01. The summed E-state index contributed by atoms with van der Waals surface area (Å²) >= 11 is 6.28. The zero-order valence-electron chi connectivity index (χ0n) is 15.9. The first-order chi connectivity index (χ1) is 12.9. The first-order valence-electron chi connectivity index (χ1n) is 9.22. The minimum Gasteiger partial charge on any atom is -0.375 e. The van der Waals surface area contributed by atoms with Gasteiger partial charge in [0.25, 0.3) is 0 Å². The number of nitrogens with zero attached hydrogens (tertiary/aromatic N) is 3. The van der Waals surface area contributed by atoms with Crippen molar-refractivity contribution in [2.45, 2.75) is 46.3 Å². The van der Waals surface area contributed by atoms with Gasteiger partial charge in [0.15, 0.2) is 5.82 Å². The Bertz CT molecular complexity index is 793. The predicted molar refractivity (Wildman–Crippen MR) is 104 cm³/mol. The maximum Gasteiger partial charge on any atom is 0.246 e. The van der Waals surface area contributed by atoms with E-state index in [4.69, 9.17) is 20.9 Å². The molecule has 1 aromatic heterocycles. The number of benzene rings is 1. The third-order valence-corrected chi connectivity index (χ3v) is 4.62. The summed E-state index contributed by atoms with van der Waals surface area (Å²) in [6.07, 6.45) is 1.25. The molecule has 1 atom stereocenters. The van der Waals surface area contributed by atoms with Crippen molar-refractivity contribution in [2.24, 2.45) is 5.92 Å². The Kier molecular flexibility index (Phi) is 6.34. The molecule has 8 heteroatoms. The van der Waals surface area contributed by atoms with Crippen molar-refractivity contribution in [3.8, 4) is 0 Å². The number of amides is 1. The highest BCUT2D eigenvalue weighted by Crippen LogP contribution is 2.30. The lowest BCUT2D eigenvalue weighted by atomic mass is 10.2. The number of carbonyl (C=O) groups is 1. The second-order valence-corrected chi connectivity index (χ2v) is 7.49. The van der Waals surface area contributed by atoms with E-state index in [0.29, 0.717) is 42.2 Å². The lowest BCUT2D eigenvalue weighted by Crippen LogP contribution is -2.23. The van der Waals surface area contributed by atoms with Crippen LogP contribution in [0.3, 0.4) is 0 Å². The summed E-state index contributed by atoms with van der Waals surface area (Å²) in [5.41, 5.74) is 1.56. The molecule has 27 heavy (non-hydrogen) atoms. The Labute approximate surface area is 164 Å². The van der Waals surface area contributed by atoms with Gasteiger partial charge in [0.05, 0.1) is 17.3 Å². The summed E-state index contributed by atoms with van der Waals surface area (Å²) in [4.78, 5) is 18.1. The molecular formula is C19H25ClN4O3. The van der Waals surface area contributed by atoms with Crippen molar-refractivity contribution in [3.63, 3.8) is 0 Å². The van der Waals surface area contributed by atoms with Gasteiger partial charge in [-0.2, -0.15) is 4.98 Å². The molecule has 2 aromatic rings. The van der Waals surface area contributed by atoms with Gasteiger partial charge in [-0.3, -0.25) is 4.79 Å². The predicted octanol–water partition coefficient (Wildman–Crippen LogP) is 4.20. The van der Waals surface area contributed by atoms with Crippen molar-refractivity contribution >= 4 is 28.9 Å². The topological polar surface area (TPSA) is 80.5 Å². The second-order valence-electron chi connectivity index (χ2n) is 7.08. The molecule has 1 saturated heterocycles.